The van der Waals surface area contributed by atoms with E-state index in [9.17, 15) is 5.11 Å². The van der Waals surface area contributed by atoms with Crippen molar-refractivity contribution in [1.82, 2.24) is 5.32 Å². The molecule has 0 heterocycles. The van der Waals surface area contributed by atoms with Gasteiger partial charge in [-0.05, 0) is 45.1 Å². The summed E-state index contributed by atoms with van der Waals surface area (Å²) in [6, 6.07) is 0.663. The molecule has 0 amide bonds. The van der Waals surface area contributed by atoms with Crippen molar-refractivity contribution in [3.63, 3.8) is 0 Å². The summed E-state index contributed by atoms with van der Waals surface area (Å²) >= 11 is 0. The maximum Gasteiger partial charge on any atom is 0.0603 e. The Morgan fingerprint density at radius 1 is 1.27 bits per heavy atom. The number of rotatable bonds is 4. The van der Waals surface area contributed by atoms with Crippen LogP contribution in [-0.2, 0) is 0 Å². The molecule has 3 unspecified atom stereocenters. The van der Waals surface area contributed by atoms with Crippen molar-refractivity contribution in [2.45, 2.75) is 65.0 Å². The topological polar surface area (TPSA) is 32.3 Å². The van der Waals surface area contributed by atoms with Gasteiger partial charge in [-0.25, -0.2) is 0 Å². The molecule has 0 aromatic heterocycles. The molecule has 3 atom stereocenters. The lowest BCUT2D eigenvalue weighted by Crippen LogP contribution is -2.42. The Bertz CT molecular complexity index is 185. The third-order valence-corrected chi connectivity index (χ3v) is 3.85. The first-order valence-corrected chi connectivity index (χ1v) is 6.36. The second-order valence-corrected chi connectivity index (χ2v) is 5.89. The van der Waals surface area contributed by atoms with Crippen LogP contribution in [0.15, 0.2) is 0 Å². The lowest BCUT2D eigenvalue weighted by atomic mass is 9.78. The minimum atomic E-state index is -0.531. The van der Waals surface area contributed by atoms with Gasteiger partial charge in [0.1, 0.15) is 0 Å². The standard InChI is InChI=1S/C13H27NO/c1-10-6-5-7-12(11(10)2)14-9-8-13(3,4)15/h10-12,14-15H,5-9H2,1-4H3. The van der Waals surface area contributed by atoms with E-state index in [4.69, 9.17) is 0 Å². The average Bonchev–Trinajstić information content (AvgIpc) is 2.10. The van der Waals surface area contributed by atoms with Crippen molar-refractivity contribution >= 4 is 0 Å². The molecule has 15 heavy (non-hydrogen) atoms. The van der Waals surface area contributed by atoms with Crippen molar-refractivity contribution in [2.75, 3.05) is 6.54 Å². The monoisotopic (exact) mass is 213 g/mol. The van der Waals surface area contributed by atoms with Crippen LogP contribution in [0, 0.1) is 11.8 Å². The fourth-order valence-electron chi connectivity index (χ4n) is 2.43. The van der Waals surface area contributed by atoms with Crippen LogP contribution >= 0.6 is 0 Å². The SMILES string of the molecule is CC1CCCC(NCCC(C)(C)O)C1C. The first-order valence-electron chi connectivity index (χ1n) is 6.36. The van der Waals surface area contributed by atoms with Gasteiger partial charge in [-0.2, -0.15) is 0 Å². The van der Waals surface area contributed by atoms with E-state index in [-0.39, 0.29) is 0 Å². The van der Waals surface area contributed by atoms with Crippen molar-refractivity contribution in [1.29, 1.82) is 0 Å². The summed E-state index contributed by atoms with van der Waals surface area (Å²) in [7, 11) is 0. The lowest BCUT2D eigenvalue weighted by molar-refractivity contribution is 0.0681. The minimum absolute atomic E-state index is 0.531. The van der Waals surface area contributed by atoms with Gasteiger partial charge in [-0.3, -0.25) is 0 Å². The zero-order valence-electron chi connectivity index (χ0n) is 10.7. The van der Waals surface area contributed by atoms with Crippen molar-refractivity contribution in [2.24, 2.45) is 11.8 Å². The summed E-state index contributed by atoms with van der Waals surface area (Å²) in [5, 5.41) is 13.2. The molecule has 1 aliphatic carbocycles. The summed E-state index contributed by atoms with van der Waals surface area (Å²) in [5.41, 5.74) is -0.531. The molecular weight excluding hydrogens is 186 g/mol. The summed E-state index contributed by atoms with van der Waals surface area (Å²) < 4.78 is 0. The summed E-state index contributed by atoms with van der Waals surface area (Å²) in [5.74, 6) is 1.62. The second-order valence-electron chi connectivity index (χ2n) is 5.89. The number of nitrogens with one attached hydrogen (secondary N) is 1. The Balaban J connectivity index is 2.26. The molecule has 0 aromatic carbocycles. The summed E-state index contributed by atoms with van der Waals surface area (Å²) in [4.78, 5) is 0. The Hall–Kier alpha value is -0.0800. The van der Waals surface area contributed by atoms with Crippen LogP contribution in [0.2, 0.25) is 0 Å². The van der Waals surface area contributed by atoms with Gasteiger partial charge in [0, 0.05) is 6.04 Å². The minimum Gasteiger partial charge on any atom is -0.390 e. The Kier molecular flexibility index (Phi) is 4.60. The van der Waals surface area contributed by atoms with E-state index in [2.05, 4.69) is 19.2 Å². The molecule has 0 saturated heterocycles. The van der Waals surface area contributed by atoms with E-state index >= 15 is 0 Å². The molecule has 0 spiro atoms. The largest absolute Gasteiger partial charge is 0.390 e. The fraction of sp³-hybridized carbons (Fsp3) is 1.00. The number of hydrogen-bond acceptors (Lipinski definition) is 2. The zero-order chi connectivity index (χ0) is 11.5. The highest BCUT2D eigenvalue weighted by Gasteiger charge is 2.26. The van der Waals surface area contributed by atoms with Gasteiger partial charge in [0.05, 0.1) is 5.60 Å². The molecular formula is C13H27NO. The van der Waals surface area contributed by atoms with Crippen molar-refractivity contribution in [3.05, 3.63) is 0 Å². The molecule has 2 nitrogen and oxygen atoms in total. The van der Waals surface area contributed by atoms with Crippen LogP contribution in [0.1, 0.15) is 53.4 Å². The van der Waals surface area contributed by atoms with E-state index in [0.29, 0.717) is 6.04 Å². The second kappa shape index (κ2) is 5.31. The molecule has 1 fully saturated rings. The molecule has 2 heteroatoms. The van der Waals surface area contributed by atoms with Gasteiger partial charge in [-0.15, -0.1) is 0 Å². The predicted octanol–water partition coefficient (Wildman–Crippen LogP) is 2.56. The van der Waals surface area contributed by atoms with Crippen LogP contribution in [0.5, 0.6) is 0 Å². The van der Waals surface area contributed by atoms with Gasteiger partial charge in [0.2, 0.25) is 0 Å². The Morgan fingerprint density at radius 2 is 1.93 bits per heavy atom. The van der Waals surface area contributed by atoms with Crippen LogP contribution in [0.4, 0.5) is 0 Å². The molecule has 1 aliphatic rings. The smallest absolute Gasteiger partial charge is 0.0603 e. The van der Waals surface area contributed by atoms with Crippen LogP contribution in [-0.4, -0.2) is 23.3 Å². The Morgan fingerprint density at radius 3 is 2.53 bits per heavy atom. The first kappa shape index (κ1) is 13.0. The molecule has 1 saturated carbocycles. The third kappa shape index (κ3) is 4.52. The van der Waals surface area contributed by atoms with Gasteiger partial charge >= 0.3 is 0 Å². The van der Waals surface area contributed by atoms with E-state index in [1.807, 2.05) is 13.8 Å². The van der Waals surface area contributed by atoms with Gasteiger partial charge in [0.25, 0.3) is 0 Å². The van der Waals surface area contributed by atoms with E-state index in [1.165, 1.54) is 19.3 Å². The van der Waals surface area contributed by atoms with E-state index < -0.39 is 5.60 Å². The van der Waals surface area contributed by atoms with Crippen molar-refractivity contribution in [3.8, 4) is 0 Å². The van der Waals surface area contributed by atoms with Crippen LogP contribution < -0.4 is 5.32 Å². The molecule has 0 radical (unpaired) electrons. The summed E-state index contributed by atoms with van der Waals surface area (Å²) in [6.07, 6.45) is 4.87. The highest BCUT2D eigenvalue weighted by Crippen LogP contribution is 2.29. The fourth-order valence-corrected chi connectivity index (χ4v) is 2.43. The molecule has 1 rings (SSSR count). The molecule has 0 bridgehead atoms. The molecule has 2 N–H and O–H groups in total. The average molecular weight is 213 g/mol. The Labute approximate surface area is 94.5 Å². The van der Waals surface area contributed by atoms with Gasteiger partial charge < -0.3 is 10.4 Å². The van der Waals surface area contributed by atoms with Crippen LogP contribution in [0.3, 0.4) is 0 Å². The van der Waals surface area contributed by atoms with Crippen LogP contribution in [0.25, 0.3) is 0 Å². The molecule has 0 aromatic rings. The first-order chi connectivity index (χ1) is 6.90. The highest BCUT2D eigenvalue weighted by molar-refractivity contribution is 4.82. The normalized spacial score (nSPS) is 33.0. The lowest BCUT2D eigenvalue weighted by Gasteiger charge is -2.35. The predicted molar refractivity (Wildman–Crippen MR) is 64.9 cm³/mol. The van der Waals surface area contributed by atoms with Gasteiger partial charge in [-0.1, -0.05) is 26.7 Å². The van der Waals surface area contributed by atoms with E-state index in [0.717, 1.165) is 24.8 Å². The number of hydrogen-bond donors (Lipinski definition) is 2. The maximum absolute atomic E-state index is 9.63. The third-order valence-electron chi connectivity index (χ3n) is 3.85. The van der Waals surface area contributed by atoms with E-state index in [1.54, 1.807) is 0 Å². The molecule has 0 aliphatic heterocycles. The maximum atomic E-state index is 9.63. The summed E-state index contributed by atoms with van der Waals surface area (Å²) in [6.45, 7) is 9.40. The molecule has 90 valence electrons. The number of aliphatic hydroxyl groups is 1. The zero-order valence-corrected chi connectivity index (χ0v) is 10.7. The quantitative estimate of drug-likeness (QED) is 0.752. The highest BCUT2D eigenvalue weighted by atomic mass is 16.3. The van der Waals surface area contributed by atoms with Gasteiger partial charge in [0.15, 0.2) is 0 Å². The van der Waals surface area contributed by atoms with Crippen molar-refractivity contribution < 1.29 is 5.11 Å².